The maximum Gasteiger partial charge on any atom is 0.211 e. The highest BCUT2D eigenvalue weighted by Crippen LogP contribution is 2.52. The van der Waals surface area contributed by atoms with Crippen LogP contribution in [0.3, 0.4) is 0 Å². The van der Waals surface area contributed by atoms with Gasteiger partial charge >= 0.3 is 0 Å². The molecule has 4 heterocycles. The second-order valence-electron chi connectivity index (χ2n) is 9.52. The van der Waals surface area contributed by atoms with Crippen LogP contribution in [0.2, 0.25) is 0 Å². The monoisotopic (exact) mass is 502 g/mol. The van der Waals surface area contributed by atoms with E-state index in [-0.39, 0.29) is 16.2 Å². The van der Waals surface area contributed by atoms with Gasteiger partial charge in [0.1, 0.15) is 4.75 Å². The molecule has 1 aliphatic carbocycles. The van der Waals surface area contributed by atoms with Crippen molar-refractivity contribution < 1.29 is 4.55 Å². The molecule has 2 atom stereocenters. The highest BCUT2D eigenvalue weighted by atomic mass is 79.9. The van der Waals surface area contributed by atoms with Crippen molar-refractivity contribution in [2.45, 2.75) is 50.8 Å². The molecule has 2 aliphatic rings. The Hall–Kier alpha value is -1.68. The first-order valence-electron chi connectivity index (χ1n) is 10.6. The third-order valence-corrected chi connectivity index (χ3v) is 8.68. The van der Waals surface area contributed by atoms with Gasteiger partial charge in [-0.3, -0.25) is 9.38 Å². The fraction of sp³-hybridized carbons (Fsp3) is 0.500. The number of rotatable bonds is 3. The minimum Gasteiger partial charge on any atom is -0.598 e. The Labute approximate surface area is 194 Å². The van der Waals surface area contributed by atoms with Gasteiger partial charge in [0.25, 0.3) is 0 Å². The van der Waals surface area contributed by atoms with Crippen molar-refractivity contribution in [3.8, 4) is 0 Å². The molecule has 164 valence electrons. The van der Waals surface area contributed by atoms with Crippen molar-refractivity contribution in [3.05, 3.63) is 52.7 Å². The molecule has 7 nitrogen and oxygen atoms in total. The zero-order chi connectivity index (χ0) is 21.8. The number of halogens is 1. The molecule has 3 aromatic rings. The lowest BCUT2D eigenvalue weighted by atomic mass is 9.73. The van der Waals surface area contributed by atoms with Crippen LogP contribution in [0.15, 0.2) is 41.4 Å². The molecule has 1 fully saturated rings. The van der Waals surface area contributed by atoms with Gasteiger partial charge in [0, 0.05) is 60.3 Å². The molecule has 1 aliphatic heterocycles. The molecule has 0 bridgehead atoms. The zero-order valence-electron chi connectivity index (χ0n) is 18.0. The number of fused-ring (bicyclic) bond motifs is 2. The maximum absolute atomic E-state index is 13.0. The van der Waals surface area contributed by atoms with Crippen LogP contribution >= 0.6 is 15.9 Å². The predicted octanol–water partition coefficient (Wildman–Crippen LogP) is 3.82. The fourth-order valence-electron chi connectivity index (χ4n) is 4.83. The van der Waals surface area contributed by atoms with Crippen molar-refractivity contribution in [3.63, 3.8) is 0 Å². The summed E-state index contributed by atoms with van der Waals surface area (Å²) in [7, 11) is 0. The lowest BCUT2D eigenvalue weighted by Crippen LogP contribution is -2.50. The first-order valence-corrected chi connectivity index (χ1v) is 12.6. The number of pyridine rings is 1. The summed E-state index contributed by atoms with van der Waals surface area (Å²) >= 11 is 2.39. The minimum atomic E-state index is -1.14. The van der Waals surface area contributed by atoms with Crippen molar-refractivity contribution >= 4 is 38.9 Å². The van der Waals surface area contributed by atoms with E-state index in [0.29, 0.717) is 0 Å². The van der Waals surface area contributed by atoms with Gasteiger partial charge in [0.15, 0.2) is 5.65 Å². The quantitative estimate of drug-likeness (QED) is 0.548. The summed E-state index contributed by atoms with van der Waals surface area (Å²) in [6.07, 6.45) is 10.3. The number of anilines is 1. The second kappa shape index (κ2) is 7.72. The number of hydrogen-bond donors (Lipinski definition) is 1. The largest absolute Gasteiger partial charge is 0.598 e. The summed E-state index contributed by atoms with van der Waals surface area (Å²) in [5.74, 6) is 0.918. The Kier molecular flexibility index (Phi) is 5.28. The van der Waals surface area contributed by atoms with Gasteiger partial charge in [0.2, 0.25) is 5.95 Å². The summed E-state index contributed by atoms with van der Waals surface area (Å²) in [6.45, 7) is 7.81. The van der Waals surface area contributed by atoms with Crippen molar-refractivity contribution in [1.29, 1.82) is 0 Å². The van der Waals surface area contributed by atoms with Gasteiger partial charge in [-0.05, 0) is 67.6 Å². The Morgan fingerprint density at radius 3 is 2.71 bits per heavy atom. The number of nitrogens with zero attached hydrogens (tertiary/aromatic N) is 5. The first kappa shape index (κ1) is 21.2. The number of piperidine rings is 1. The molecule has 3 aromatic heterocycles. The van der Waals surface area contributed by atoms with Gasteiger partial charge in [-0.2, -0.15) is 0 Å². The fourth-order valence-corrected chi connectivity index (χ4v) is 6.17. The van der Waals surface area contributed by atoms with E-state index in [2.05, 4.69) is 46.6 Å². The van der Waals surface area contributed by atoms with E-state index < -0.39 is 11.4 Å². The molecular weight excluding hydrogens is 476 g/mol. The molecule has 0 amide bonds. The average Bonchev–Trinajstić information content (AvgIpc) is 3.33. The standard InChI is InChI=1S/C22H27BrN6OS/c1-21(2,3)31(30)27-18-15-5-4-8-24-17(15)13-22(18)6-10-28(11-7-22)20-26-14-16(23)19-25-9-12-29(19)20/h4-5,8-9,12,14,18,27H,6-7,10-11,13H2,1-3H3/t18-,31?/m1/s1. The number of aromatic nitrogens is 4. The van der Waals surface area contributed by atoms with Crippen molar-refractivity contribution in [1.82, 2.24) is 24.1 Å². The Bertz CT molecular complexity index is 1100. The van der Waals surface area contributed by atoms with Gasteiger partial charge in [0.05, 0.1) is 10.5 Å². The van der Waals surface area contributed by atoms with Crippen LogP contribution in [0.4, 0.5) is 5.95 Å². The summed E-state index contributed by atoms with van der Waals surface area (Å²) in [5.41, 5.74) is 3.23. The SMILES string of the molecule is CC(C)(C)[S+]([O-])N[C@@H]1c2cccnc2CC12CCN(c1ncc(Br)c3nccn13)CC2. The van der Waals surface area contributed by atoms with Crippen LogP contribution in [0.1, 0.15) is 50.9 Å². The molecular formula is C22H27BrN6OS. The molecule has 0 aromatic carbocycles. The van der Waals surface area contributed by atoms with Crippen LogP contribution in [-0.2, 0) is 17.8 Å². The van der Waals surface area contributed by atoms with Crippen LogP contribution < -0.4 is 9.62 Å². The van der Waals surface area contributed by atoms with E-state index in [1.165, 1.54) is 5.56 Å². The van der Waals surface area contributed by atoms with Gasteiger partial charge in [-0.25, -0.2) is 9.97 Å². The third kappa shape index (κ3) is 3.65. The minimum absolute atomic E-state index is 0.0114. The zero-order valence-corrected chi connectivity index (χ0v) is 20.4. The lowest BCUT2D eigenvalue weighted by molar-refractivity contribution is 0.175. The molecule has 1 spiro atoms. The Morgan fingerprint density at radius 2 is 1.97 bits per heavy atom. The van der Waals surface area contributed by atoms with E-state index in [1.54, 1.807) is 6.20 Å². The van der Waals surface area contributed by atoms with Crippen LogP contribution in [0.5, 0.6) is 0 Å². The summed E-state index contributed by atoms with van der Waals surface area (Å²) in [6, 6.07) is 4.18. The number of nitrogens with one attached hydrogen (secondary N) is 1. The topological polar surface area (TPSA) is 81.4 Å². The van der Waals surface area contributed by atoms with E-state index in [4.69, 9.17) is 0 Å². The second-order valence-corrected chi connectivity index (χ2v) is 12.4. The van der Waals surface area contributed by atoms with Gasteiger partial charge in [-0.15, -0.1) is 4.72 Å². The van der Waals surface area contributed by atoms with Gasteiger partial charge < -0.3 is 9.45 Å². The highest BCUT2D eigenvalue weighted by Gasteiger charge is 2.51. The van der Waals surface area contributed by atoms with E-state index in [0.717, 1.165) is 54.1 Å². The first-order chi connectivity index (χ1) is 14.8. The molecule has 9 heteroatoms. The predicted molar refractivity (Wildman–Crippen MR) is 126 cm³/mol. The van der Waals surface area contributed by atoms with Crippen molar-refractivity contribution in [2.24, 2.45) is 5.41 Å². The van der Waals surface area contributed by atoms with Crippen molar-refractivity contribution in [2.75, 3.05) is 18.0 Å². The van der Waals surface area contributed by atoms with E-state index >= 15 is 0 Å². The smallest absolute Gasteiger partial charge is 0.211 e. The average molecular weight is 503 g/mol. The maximum atomic E-state index is 13.0. The normalized spacial score (nSPS) is 21.6. The molecule has 0 saturated carbocycles. The van der Waals surface area contributed by atoms with E-state index in [1.807, 2.05) is 49.8 Å². The Morgan fingerprint density at radius 1 is 1.19 bits per heavy atom. The molecule has 1 unspecified atom stereocenters. The summed E-state index contributed by atoms with van der Waals surface area (Å²) in [5, 5.41) is 0. The molecule has 0 radical (unpaired) electrons. The summed E-state index contributed by atoms with van der Waals surface area (Å²) < 4.78 is 19.1. The van der Waals surface area contributed by atoms with Gasteiger partial charge in [-0.1, -0.05) is 6.07 Å². The highest BCUT2D eigenvalue weighted by molar-refractivity contribution is 9.10. The Balaban J connectivity index is 1.42. The lowest BCUT2D eigenvalue weighted by Gasteiger charge is -2.44. The molecule has 1 saturated heterocycles. The summed E-state index contributed by atoms with van der Waals surface area (Å²) in [4.78, 5) is 16.1. The molecule has 31 heavy (non-hydrogen) atoms. The number of imidazole rings is 1. The van der Waals surface area contributed by atoms with Crippen LogP contribution in [-0.4, -0.2) is 41.7 Å². The number of hydrogen-bond acceptors (Lipinski definition) is 6. The third-order valence-electron chi connectivity index (χ3n) is 6.55. The molecule has 1 N–H and O–H groups in total. The van der Waals surface area contributed by atoms with E-state index in [9.17, 15) is 4.55 Å². The molecule has 5 rings (SSSR count). The van der Waals surface area contributed by atoms with Crippen LogP contribution in [0.25, 0.3) is 5.65 Å². The van der Waals surface area contributed by atoms with Crippen LogP contribution in [0, 0.1) is 5.41 Å².